The molecule has 0 aliphatic carbocycles. The minimum absolute atomic E-state index is 0.0886. The number of benzene rings is 1. The predicted octanol–water partition coefficient (Wildman–Crippen LogP) is 1.69. The molecular formula is C17H23N3O3S. The summed E-state index contributed by atoms with van der Waals surface area (Å²) in [6, 6.07) is 7.02. The van der Waals surface area contributed by atoms with Crippen LogP contribution in [0, 0.1) is 0 Å². The maximum absolute atomic E-state index is 12.5. The minimum Gasteiger partial charge on any atom is -0.387 e. The van der Waals surface area contributed by atoms with Crippen LogP contribution in [0.15, 0.2) is 29.3 Å². The van der Waals surface area contributed by atoms with Crippen LogP contribution in [0.3, 0.4) is 0 Å². The van der Waals surface area contributed by atoms with Gasteiger partial charge in [0.2, 0.25) is 11.8 Å². The number of anilines is 1. The summed E-state index contributed by atoms with van der Waals surface area (Å²) in [5.74, 6) is -0.882. The summed E-state index contributed by atoms with van der Waals surface area (Å²) in [6.45, 7) is 6.18. The number of amides is 2. The van der Waals surface area contributed by atoms with Gasteiger partial charge < -0.3 is 15.7 Å². The first kappa shape index (κ1) is 18.4. The number of aliphatic hydroxyl groups is 1. The fourth-order valence-corrected chi connectivity index (χ4v) is 3.96. The highest BCUT2D eigenvalue weighted by molar-refractivity contribution is 8.28. The smallest absolute Gasteiger partial charge is 0.250 e. The molecule has 0 saturated carbocycles. The van der Waals surface area contributed by atoms with Gasteiger partial charge in [0.1, 0.15) is 6.61 Å². The van der Waals surface area contributed by atoms with E-state index in [-0.39, 0.29) is 22.3 Å². The molecule has 0 radical (unpaired) electrons. The first-order chi connectivity index (χ1) is 11.4. The van der Waals surface area contributed by atoms with Crippen molar-refractivity contribution in [3.8, 4) is 0 Å². The Labute approximate surface area is 144 Å². The Morgan fingerprint density at radius 1 is 1.21 bits per heavy atom. The molecule has 1 aliphatic heterocycles. The topological polar surface area (TPSA) is 90.8 Å². The molecule has 0 spiro atoms. The number of amidine groups is 1. The van der Waals surface area contributed by atoms with E-state index in [0.717, 1.165) is 10.7 Å². The predicted molar refractivity (Wildman–Crippen MR) is 99.8 cm³/mol. The van der Waals surface area contributed by atoms with Crippen molar-refractivity contribution >= 4 is 38.5 Å². The lowest BCUT2D eigenvalue weighted by Crippen LogP contribution is -2.33. The number of carbonyl (C=O) groups is 2. The normalized spacial score (nSPS) is 17.9. The van der Waals surface area contributed by atoms with Gasteiger partial charge in [-0.15, -0.1) is 10.5 Å². The molecule has 0 bridgehead atoms. The first-order valence-corrected chi connectivity index (χ1v) is 9.18. The zero-order chi connectivity index (χ0) is 17.7. The molecule has 0 saturated heterocycles. The summed E-state index contributed by atoms with van der Waals surface area (Å²) in [7, 11) is -0.0999. The van der Waals surface area contributed by atoms with Gasteiger partial charge in [0.05, 0.1) is 12.5 Å². The van der Waals surface area contributed by atoms with Gasteiger partial charge in [0.25, 0.3) is 0 Å². The molecule has 1 unspecified atom stereocenters. The third kappa shape index (κ3) is 4.52. The largest absolute Gasteiger partial charge is 0.387 e. The van der Waals surface area contributed by atoms with E-state index in [1.807, 2.05) is 6.92 Å². The molecule has 7 heteroatoms. The molecule has 0 aromatic heterocycles. The number of carbonyl (C=O) groups excluding carboxylic acids is 2. The number of nitrogens with zero attached hydrogens (tertiary/aromatic N) is 1. The molecule has 1 aromatic carbocycles. The second kappa shape index (κ2) is 8.21. The molecule has 3 N–H and O–H groups in total. The van der Waals surface area contributed by atoms with Crippen molar-refractivity contribution < 1.29 is 14.7 Å². The molecule has 2 atom stereocenters. The maximum atomic E-state index is 12.5. The molecule has 1 aliphatic rings. The molecule has 2 rings (SSSR count). The standard InChI is InChI=1S/C17H23N3O3S/c1-11(2)24-9-8-18-17(24)20-16(23)12(3)13-4-6-14(7-5-13)19-15(22)10-21/h4-7,9,11-12,21H,8,10H2,1-3H3,(H,19,22)(H,18,20,23)/t12-,24?/m1/s1. The van der Waals surface area contributed by atoms with Gasteiger partial charge in [-0.1, -0.05) is 26.0 Å². The van der Waals surface area contributed by atoms with Crippen LogP contribution in [-0.2, 0) is 9.59 Å². The van der Waals surface area contributed by atoms with Crippen molar-refractivity contribution in [1.29, 1.82) is 0 Å². The van der Waals surface area contributed by atoms with Crippen LogP contribution >= 0.6 is 10.5 Å². The van der Waals surface area contributed by atoms with Gasteiger partial charge in [-0.05, 0) is 30.0 Å². The summed E-state index contributed by atoms with van der Waals surface area (Å²) >= 11 is 0. The summed E-state index contributed by atoms with van der Waals surface area (Å²) in [4.78, 5) is 28.0. The molecule has 6 nitrogen and oxygen atoms in total. The lowest BCUT2D eigenvalue weighted by atomic mass is 10.0. The van der Waals surface area contributed by atoms with Crippen LogP contribution in [0.2, 0.25) is 0 Å². The lowest BCUT2D eigenvalue weighted by Gasteiger charge is -2.17. The fraction of sp³-hybridized carbons (Fsp3) is 0.412. The third-order valence-corrected chi connectivity index (χ3v) is 5.88. The summed E-state index contributed by atoms with van der Waals surface area (Å²) in [5, 5.41) is 17.6. The minimum atomic E-state index is -0.558. The molecular weight excluding hydrogens is 326 g/mol. The molecule has 1 aromatic rings. The molecule has 1 heterocycles. The van der Waals surface area contributed by atoms with Crippen LogP contribution in [0.4, 0.5) is 5.69 Å². The average Bonchev–Trinajstić information content (AvgIpc) is 3.03. The van der Waals surface area contributed by atoms with Gasteiger partial charge in [-0.25, -0.2) is 0 Å². The monoisotopic (exact) mass is 349 g/mol. The number of rotatable bonds is 5. The number of hydrogen-bond donors (Lipinski definition) is 3. The quantitative estimate of drug-likeness (QED) is 0.707. The Morgan fingerprint density at radius 3 is 2.46 bits per heavy atom. The van der Waals surface area contributed by atoms with Crippen molar-refractivity contribution in [3.63, 3.8) is 0 Å². The van der Waals surface area contributed by atoms with E-state index in [1.165, 1.54) is 0 Å². The van der Waals surface area contributed by atoms with E-state index in [4.69, 9.17) is 5.11 Å². The molecule has 130 valence electrons. The van der Waals surface area contributed by atoms with Crippen LogP contribution in [0.25, 0.3) is 0 Å². The van der Waals surface area contributed by atoms with Crippen molar-refractivity contribution in [1.82, 2.24) is 5.32 Å². The summed E-state index contributed by atoms with van der Waals surface area (Å²) in [6.07, 6.45) is 0. The number of aliphatic imine (C=N–C) groups is 1. The number of hydrogen-bond acceptors (Lipinski definition) is 4. The lowest BCUT2D eigenvalue weighted by molar-refractivity contribution is -0.121. The van der Waals surface area contributed by atoms with Gasteiger partial charge in [-0.3, -0.25) is 14.6 Å². The van der Waals surface area contributed by atoms with Gasteiger partial charge in [0.15, 0.2) is 5.17 Å². The third-order valence-electron chi connectivity index (χ3n) is 3.68. The number of aliphatic hydroxyl groups excluding tert-OH is 1. The van der Waals surface area contributed by atoms with E-state index in [0.29, 0.717) is 17.5 Å². The fourth-order valence-electron chi connectivity index (χ4n) is 2.29. The molecule has 0 fully saturated rings. The Balaban J connectivity index is 2.01. The molecule has 2 amide bonds. The van der Waals surface area contributed by atoms with Crippen molar-refractivity contribution in [2.24, 2.45) is 4.99 Å². The van der Waals surface area contributed by atoms with Crippen molar-refractivity contribution in [2.45, 2.75) is 31.9 Å². The Hall–Kier alpha value is -1.99. The summed E-state index contributed by atoms with van der Waals surface area (Å²) in [5.41, 5.74) is 1.43. The van der Waals surface area contributed by atoms with E-state index < -0.39 is 12.5 Å². The highest BCUT2D eigenvalue weighted by Gasteiger charge is 2.21. The SMILES string of the molecule is CC(C)S1=CCN=C1NC(=O)[C@H](C)c1ccc(NC(=O)CO)cc1. The van der Waals surface area contributed by atoms with Crippen LogP contribution < -0.4 is 10.6 Å². The maximum Gasteiger partial charge on any atom is 0.250 e. The second-order valence-electron chi connectivity index (χ2n) is 5.77. The van der Waals surface area contributed by atoms with Gasteiger partial charge in [-0.2, -0.15) is 0 Å². The van der Waals surface area contributed by atoms with Crippen LogP contribution in [0.1, 0.15) is 32.3 Å². The van der Waals surface area contributed by atoms with E-state index in [9.17, 15) is 9.59 Å². The Kier molecular flexibility index (Phi) is 6.28. The van der Waals surface area contributed by atoms with Crippen LogP contribution in [-0.4, -0.2) is 45.9 Å². The van der Waals surface area contributed by atoms with E-state index >= 15 is 0 Å². The Bertz CT molecular complexity index is 681. The van der Waals surface area contributed by atoms with E-state index in [2.05, 4.69) is 34.8 Å². The van der Waals surface area contributed by atoms with Crippen molar-refractivity contribution in [3.05, 3.63) is 29.8 Å². The number of nitrogens with one attached hydrogen (secondary N) is 2. The van der Waals surface area contributed by atoms with Gasteiger partial charge >= 0.3 is 0 Å². The van der Waals surface area contributed by atoms with Crippen LogP contribution in [0.5, 0.6) is 0 Å². The average molecular weight is 349 g/mol. The molecule has 24 heavy (non-hydrogen) atoms. The Morgan fingerprint density at radius 2 is 1.88 bits per heavy atom. The highest BCUT2D eigenvalue weighted by atomic mass is 32.2. The zero-order valence-electron chi connectivity index (χ0n) is 14.1. The highest BCUT2D eigenvalue weighted by Crippen LogP contribution is 2.25. The van der Waals surface area contributed by atoms with Gasteiger partial charge in [0, 0.05) is 10.9 Å². The second-order valence-corrected chi connectivity index (χ2v) is 8.18. The summed E-state index contributed by atoms with van der Waals surface area (Å²) < 4.78 is 0. The zero-order valence-corrected chi connectivity index (χ0v) is 14.9. The first-order valence-electron chi connectivity index (χ1n) is 7.83. The van der Waals surface area contributed by atoms with E-state index in [1.54, 1.807) is 24.3 Å². The van der Waals surface area contributed by atoms with Crippen molar-refractivity contribution in [2.75, 3.05) is 18.5 Å².